The summed E-state index contributed by atoms with van der Waals surface area (Å²) in [5, 5.41) is 0. The van der Waals surface area contributed by atoms with Gasteiger partial charge in [0.15, 0.2) is 0 Å². The number of hydrogen-bond acceptors (Lipinski definition) is 2. The third-order valence-electron chi connectivity index (χ3n) is 0.520. The van der Waals surface area contributed by atoms with Crippen molar-refractivity contribution in [3.63, 3.8) is 0 Å². The molecule has 2 nitrogen and oxygen atoms in total. The Kier molecular flexibility index (Phi) is 2.67. The molecular weight excluding hydrogens is 80.0 g/mol. The maximum Gasteiger partial charge on any atom is 0.229 e. The maximum absolute atomic E-state index is 9.49. The SMILES string of the molecule is COC(C)[C]=O. The monoisotopic (exact) mass is 87.0 g/mol. The first-order valence-corrected chi connectivity index (χ1v) is 1.71. The zero-order valence-electron chi connectivity index (χ0n) is 3.89. The summed E-state index contributed by atoms with van der Waals surface area (Å²) in [4.78, 5) is 9.49. The molecule has 0 spiro atoms. The van der Waals surface area contributed by atoms with Gasteiger partial charge in [-0.3, -0.25) is 4.79 Å². The summed E-state index contributed by atoms with van der Waals surface area (Å²) in [5.74, 6) is 0. The molecule has 0 aromatic heterocycles. The Labute approximate surface area is 37.1 Å². The first-order chi connectivity index (χ1) is 2.81. The zero-order chi connectivity index (χ0) is 4.99. The van der Waals surface area contributed by atoms with Gasteiger partial charge in [-0.25, -0.2) is 0 Å². The molecule has 1 atom stereocenters. The third kappa shape index (κ3) is 1.91. The molecule has 0 N–H and O–H groups in total. The minimum Gasteiger partial charge on any atom is -0.373 e. The lowest BCUT2D eigenvalue weighted by Gasteiger charge is -1.92. The molecule has 0 aliphatic rings. The predicted octanol–water partition coefficient (Wildman–Crippen LogP) is 0.131. The largest absolute Gasteiger partial charge is 0.373 e. The van der Waals surface area contributed by atoms with Gasteiger partial charge in [-0.2, -0.15) is 0 Å². The van der Waals surface area contributed by atoms with Crippen LogP contribution in [0.15, 0.2) is 0 Å². The van der Waals surface area contributed by atoms with Crippen molar-refractivity contribution < 1.29 is 9.53 Å². The number of carbonyl (C=O) groups excluding carboxylic acids is 1. The molecule has 0 aliphatic heterocycles. The van der Waals surface area contributed by atoms with Gasteiger partial charge in [0.05, 0.1) is 0 Å². The van der Waals surface area contributed by atoms with Crippen molar-refractivity contribution in [3.8, 4) is 0 Å². The van der Waals surface area contributed by atoms with E-state index in [0.717, 1.165) is 0 Å². The van der Waals surface area contributed by atoms with Gasteiger partial charge in [0, 0.05) is 7.11 Å². The van der Waals surface area contributed by atoms with E-state index in [-0.39, 0.29) is 6.10 Å². The van der Waals surface area contributed by atoms with Crippen molar-refractivity contribution in [1.29, 1.82) is 0 Å². The highest BCUT2D eigenvalue weighted by Gasteiger charge is 1.91. The molecule has 0 amide bonds. The van der Waals surface area contributed by atoms with Gasteiger partial charge in [-0.1, -0.05) is 0 Å². The van der Waals surface area contributed by atoms with E-state index in [0.29, 0.717) is 0 Å². The summed E-state index contributed by atoms with van der Waals surface area (Å²) in [5.41, 5.74) is 0. The van der Waals surface area contributed by atoms with Gasteiger partial charge in [-0.15, -0.1) is 0 Å². The van der Waals surface area contributed by atoms with Crippen LogP contribution in [-0.4, -0.2) is 19.5 Å². The number of methoxy groups -OCH3 is 1. The molecule has 0 saturated heterocycles. The summed E-state index contributed by atoms with van der Waals surface area (Å²) in [6.45, 7) is 1.63. The van der Waals surface area contributed by atoms with E-state index in [1.807, 2.05) is 0 Å². The van der Waals surface area contributed by atoms with Crippen LogP contribution in [0.4, 0.5) is 0 Å². The van der Waals surface area contributed by atoms with Crippen LogP contribution in [0.3, 0.4) is 0 Å². The van der Waals surface area contributed by atoms with Crippen LogP contribution in [-0.2, 0) is 9.53 Å². The minimum atomic E-state index is -0.370. The molecule has 0 bridgehead atoms. The Morgan fingerprint density at radius 1 is 1.83 bits per heavy atom. The number of rotatable bonds is 2. The second-order valence-electron chi connectivity index (χ2n) is 0.996. The lowest BCUT2D eigenvalue weighted by Crippen LogP contribution is -2.03. The highest BCUT2D eigenvalue weighted by Crippen LogP contribution is 1.75. The van der Waals surface area contributed by atoms with E-state index < -0.39 is 0 Å². The van der Waals surface area contributed by atoms with E-state index in [1.54, 1.807) is 13.2 Å². The molecule has 0 saturated carbocycles. The number of ether oxygens (including phenoxy) is 1. The van der Waals surface area contributed by atoms with Crippen LogP contribution in [0.25, 0.3) is 0 Å². The Hall–Kier alpha value is -0.370. The maximum atomic E-state index is 9.49. The van der Waals surface area contributed by atoms with Gasteiger partial charge in [-0.05, 0) is 6.92 Å². The van der Waals surface area contributed by atoms with Crippen molar-refractivity contribution >= 4 is 6.29 Å². The number of hydrogen-bond donors (Lipinski definition) is 0. The standard InChI is InChI=1S/C4H7O2/c1-4(3-5)6-2/h4H,1-2H3. The van der Waals surface area contributed by atoms with Crippen molar-refractivity contribution in [2.45, 2.75) is 13.0 Å². The van der Waals surface area contributed by atoms with Gasteiger partial charge in [0.1, 0.15) is 6.10 Å². The topological polar surface area (TPSA) is 26.3 Å². The summed E-state index contributed by atoms with van der Waals surface area (Å²) in [6, 6.07) is 0. The molecule has 6 heavy (non-hydrogen) atoms. The minimum absolute atomic E-state index is 0.370. The second-order valence-corrected chi connectivity index (χ2v) is 0.996. The summed E-state index contributed by atoms with van der Waals surface area (Å²) in [7, 11) is 1.47. The van der Waals surface area contributed by atoms with Crippen LogP contribution >= 0.6 is 0 Å². The molecular formula is C4H7O2. The second kappa shape index (κ2) is 2.85. The molecule has 0 aliphatic carbocycles. The van der Waals surface area contributed by atoms with Crippen molar-refractivity contribution in [3.05, 3.63) is 0 Å². The third-order valence-corrected chi connectivity index (χ3v) is 0.520. The average Bonchev–Trinajstić information content (AvgIpc) is 1.65. The van der Waals surface area contributed by atoms with Crippen LogP contribution < -0.4 is 0 Å². The Morgan fingerprint density at radius 3 is 2.33 bits per heavy atom. The fourth-order valence-electron chi connectivity index (χ4n) is 0.0481. The molecule has 0 fully saturated rings. The molecule has 0 rings (SSSR count). The van der Waals surface area contributed by atoms with E-state index in [2.05, 4.69) is 4.74 Å². The lowest BCUT2D eigenvalue weighted by atomic mass is 10.5. The molecule has 0 aromatic rings. The molecule has 0 aromatic carbocycles. The van der Waals surface area contributed by atoms with Gasteiger partial charge in [0.2, 0.25) is 6.29 Å². The summed E-state index contributed by atoms with van der Waals surface area (Å²) < 4.78 is 4.48. The first kappa shape index (κ1) is 5.63. The quantitative estimate of drug-likeness (QED) is 0.478. The van der Waals surface area contributed by atoms with Gasteiger partial charge in [0.25, 0.3) is 0 Å². The Bertz CT molecular complexity index is 42.8. The van der Waals surface area contributed by atoms with Crippen LogP contribution in [0, 0.1) is 0 Å². The normalized spacial score (nSPS) is 13.7. The first-order valence-electron chi connectivity index (χ1n) is 1.71. The Balaban J connectivity index is 2.96. The molecule has 1 unspecified atom stereocenters. The van der Waals surface area contributed by atoms with E-state index in [1.165, 1.54) is 7.11 Å². The summed E-state index contributed by atoms with van der Waals surface area (Å²) in [6.07, 6.45) is 1.27. The predicted molar refractivity (Wildman–Crippen MR) is 22.2 cm³/mol. The molecule has 0 heterocycles. The highest BCUT2D eigenvalue weighted by atomic mass is 16.5. The van der Waals surface area contributed by atoms with Crippen molar-refractivity contribution in [2.75, 3.05) is 7.11 Å². The van der Waals surface area contributed by atoms with Gasteiger partial charge >= 0.3 is 0 Å². The fraction of sp³-hybridized carbons (Fsp3) is 0.750. The van der Waals surface area contributed by atoms with Crippen LogP contribution in [0.2, 0.25) is 0 Å². The fourth-order valence-corrected chi connectivity index (χ4v) is 0.0481. The van der Waals surface area contributed by atoms with Gasteiger partial charge < -0.3 is 4.74 Å². The summed E-state index contributed by atoms with van der Waals surface area (Å²) >= 11 is 0. The Morgan fingerprint density at radius 2 is 2.33 bits per heavy atom. The smallest absolute Gasteiger partial charge is 0.229 e. The van der Waals surface area contributed by atoms with E-state index >= 15 is 0 Å². The van der Waals surface area contributed by atoms with Crippen molar-refractivity contribution in [2.24, 2.45) is 0 Å². The van der Waals surface area contributed by atoms with E-state index in [4.69, 9.17) is 0 Å². The zero-order valence-corrected chi connectivity index (χ0v) is 3.89. The molecule has 1 radical (unpaired) electrons. The van der Waals surface area contributed by atoms with Crippen LogP contribution in [0.5, 0.6) is 0 Å². The average molecular weight is 87.1 g/mol. The van der Waals surface area contributed by atoms with Crippen LogP contribution in [0.1, 0.15) is 6.92 Å². The molecule has 35 valence electrons. The van der Waals surface area contributed by atoms with E-state index in [9.17, 15) is 4.79 Å². The molecule has 2 heteroatoms. The van der Waals surface area contributed by atoms with Crippen molar-refractivity contribution in [1.82, 2.24) is 0 Å². The lowest BCUT2D eigenvalue weighted by molar-refractivity contribution is 0.167. The highest BCUT2D eigenvalue weighted by molar-refractivity contribution is 5.55.